The third-order valence-electron chi connectivity index (χ3n) is 17.9. The molecule has 9 aromatic rings. The fraction of sp³-hybridized carbons (Fsp3) is 0.239. The van der Waals surface area contributed by atoms with Crippen molar-refractivity contribution in [2.75, 3.05) is 14.7 Å². The number of benzene rings is 9. The lowest BCUT2D eigenvalue weighted by Crippen LogP contribution is -2.62. The van der Waals surface area contributed by atoms with Gasteiger partial charge in [-0.2, -0.15) is 0 Å². The number of hydrogen-bond acceptors (Lipinski definition) is 3. The summed E-state index contributed by atoms with van der Waals surface area (Å²) in [5.41, 5.74) is 28.1. The maximum Gasteiger partial charge on any atom is 0.252 e. The minimum absolute atomic E-state index is 0.00239. The van der Waals surface area contributed by atoms with Crippen LogP contribution in [0.2, 0.25) is 0 Å². The highest BCUT2D eigenvalue weighted by Crippen LogP contribution is 2.56. The first-order chi connectivity index (χ1) is 36.0. The predicted octanol–water partition coefficient (Wildman–Crippen LogP) is 17.5. The Morgan fingerprint density at radius 2 is 0.773 bits per heavy atom. The summed E-state index contributed by atoms with van der Waals surface area (Å²) in [7, 11) is 0. The molecule has 2 aliphatic heterocycles. The van der Waals surface area contributed by atoms with Crippen LogP contribution >= 0.6 is 0 Å². The molecule has 370 valence electrons. The van der Waals surface area contributed by atoms with E-state index in [4.69, 9.17) is 0 Å². The van der Waals surface area contributed by atoms with Gasteiger partial charge in [-0.05, 0) is 187 Å². The highest BCUT2D eigenvalue weighted by molar-refractivity contribution is 7.00. The third-order valence-corrected chi connectivity index (χ3v) is 17.9. The van der Waals surface area contributed by atoms with Crippen LogP contribution in [0.15, 0.2) is 194 Å². The first-order valence-electron chi connectivity index (χ1n) is 27.4. The number of anilines is 9. The van der Waals surface area contributed by atoms with Crippen molar-refractivity contribution in [3.8, 4) is 22.3 Å². The van der Waals surface area contributed by atoms with E-state index in [9.17, 15) is 0 Å². The van der Waals surface area contributed by atoms with E-state index in [1.807, 2.05) is 0 Å². The molecule has 0 radical (unpaired) electrons. The Bertz CT molecular complexity index is 3680. The number of rotatable bonds is 7. The molecular formula is C71H68BN3. The van der Waals surface area contributed by atoms with Crippen molar-refractivity contribution in [1.29, 1.82) is 0 Å². The zero-order valence-corrected chi connectivity index (χ0v) is 45.5. The maximum atomic E-state index is 2.73. The number of fused-ring (bicyclic) bond motifs is 6. The molecule has 0 amide bonds. The van der Waals surface area contributed by atoms with Gasteiger partial charge in [-0.1, -0.05) is 189 Å². The van der Waals surface area contributed by atoms with Crippen LogP contribution in [-0.4, -0.2) is 6.71 Å². The Kier molecular flexibility index (Phi) is 10.7. The molecule has 4 aliphatic rings. The predicted molar refractivity (Wildman–Crippen MR) is 321 cm³/mol. The number of nitrogens with zero attached hydrogens (tertiary/aromatic N) is 3. The molecule has 0 spiro atoms. The highest BCUT2D eigenvalue weighted by atomic mass is 15.2. The topological polar surface area (TPSA) is 9.72 Å². The number of hydrogen-bond donors (Lipinski definition) is 0. The Balaban J connectivity index is 1.20. The van der Waals surface area contributed by atoms with E-state index in [1.54, 1.807) is 0 Å². The summed E-state index contributed by atoms with van der Waals surface area (Å²) < 4.78 is 0. The maximum absolute atomic E-state index is 2.73. The normalized spacial score (nSPS) is 16.9. The first kappa shape index (κ1) is 47.2. The van der Waals surface area contributed by atoms with Crippen LogP contribution < -0.4 is 31.1 Å². The summed E-state index contributed by atoms with van der Waals surface area (Å²) in [6.45, 7) is 24.4. The van der Waals surface area contributed by atoms with Crippen LogP contribution in [0.5, 0.6) is 0 Å². The molecule has 0 atom stereocenters. The molecule has 0 unspecified atom stereocenters. The van der Waals surface area contributed by atoms with Crippen LogP contribution in [0.25, 0.3) is 22.3 Å². The second kappa shape index (κ2) is 17.0. The average molecular weight is 974 g/mol. The lowest BCUT2D eigenvalue weighted by Gasteiger charge is -2.48. The summed E-state index contributed by atoms with van der Waals surface area (Å²) in [5, 5.41) is 0. The molecule has 2 heterocycles. The van der Waals surface area contributed by atoms with Crippen LogP contribution in [0.4, 0.5) is 51.2 Å². The molecule has 2 aliphatic carbocycles. The second-order valence-corrected chi connectivity index (χ2v) is 24.9. The molecule has 0 bridgehead atoms. The van der Waals surface area contributed by atoms with Crippen molar-refractivity contribution in [2.24, 2.45) is 0 Å². The Labute approximate surface area is 446 Å². The van der Waals surface area contributed by atoms with Crippen molar-refractivity contribution in [2.45, 2.75) is 110 Å². The molecule has 0 saturated heterocycles. The molecular weight excluding hydrogens is 906 g/mol. The molecule has 0 saturated carbocycles. The van der Waals surface area contributed by atoms with Gasteiger partial charge in [0.1, 0.15) is 0 Å². The van der Waals surface area contributed by atoms with Gasteiger partial charge in [0.25, 0.3) is 6.71 Å². The van der Waals surface area contributed by atoms with Crippen molar-refractivity contribution in [1.82, 2.24) is 0 Å². The molecule has 0 N–H and O–H groups in total. The van der Waals surface area contributed by atoms with Crippen molar-refractivity contribution >= 4 is 74.3 Å². The minimum atomic E-state index is -0.0536. The molecule has 0 fully saturated rings. The first-order valence-corrected chi connectivity index (χ1v) is 27.4. The summed E-state index contributed by atoms with van der Waals surface area (Å²) in [5.74, 6) is 0. The van der Waals surface area contributed by atoms with Crippen molar-refractivity contribution in [3.63, 3.8) is 0 Å². The van der Waals surface area contributed by atoms with Crippen LogP contribution in [0.3, 0.4) is 0 Å². The lowest BCUT2D eigenvalue weighted by atomic mass is 9.33. The SMILES string of the molecule is Cc1ccc(-c2ccccc2)cc1N1c2cc(-c3ccccc3)ccc2B2c3cc4c(cc3N(c3cc5c(cc3C)C(C)(C)CC5(C)C)c3cc(N(c5ccccc5)c5ccccc5)cc1c32)C(C)(C)CCC4(C)C. The standard InChI is InChI=1S/C71H68BN3/c1-46-31-32-50(48-23-15-11-16-24-48)38-61(46)74-63-39-51(49-25-17-12-18-26-49)33-34-59(63)72-60-42-56-57(69(5,6)36-35-68(56,3)4)44-64(60)75(62-43-58-55(37-47(62)2)70(7,8)45-71(58,9)10)66-41-54(40-65(74)67(66)72)73(52-27-19-13-20-28-52)53-29-21-14-22-30-53/h11-34,37-44H,35-36,45H2,1-10H3. The number of aryl methyl sites for hydroxylation is 2. The van der Waals surface area contributed by atoms with Crippen LogP contribution in [-0.2, 0) is 21.7 Å². The number of para-hydroxylation sites is 2. The second-order valence-electron chi connectivity index (χ2n) is 24.9. The van der Waals surface area contributed by atoms with Gasteiger partial charge in [-0.25, -0.2) is 0 Å². The molecule has 9 aromatic carbocycles. The Morgan fingerprint density at radius 3 is 1.32 bits per heavy atom. The van der Waals surface area contributed by atoms with Gasteiger partial charge in [0.15, 0.2) is 0 Å². The van der Waals surface area contributed by atoms with E-state index >= 15 is 0 Å². The van der Waals surface area contributed by atoms with E-state index in [-0.39, 0.29) is 28.4 Å². The van der Waals surface area contributed by atoms with E-state index in [0.29, 0.717) is 0 Å². The molecule has 75 heavy (non-hydrogen) atoms. The fourth-order valence-electron chi connectivity index (χ4n) is 14.1. The zero-order chi connectivity index (χ0) is 51.8. The van der Waals surface area contributed by atoms with Crippen LogP contribution in [0, 0.1) is 13.8 Å². The summed E-state index contributed by atoms with van der Waals surface area (Å²) in [6.07, 6.45) is 3.41. The van der Waals surface area contributed by atoms with Crippen LogP contribution in [0.1, 0.15) is 108 Å². The van der Waals surface area contributed by atoms with Crippen molar-refractivity contribution in [3.05, 3.63) is 228 Å². The molecule has 3 nitrogen and oxygen atoms in total. The Hall–Kier alpha value is -7.56. The largest absolute Gasteiger partial charge is 0.311 e. The van der Waals surface area contributed by atoms with E-state index in [0.717, 1.165) is 36.3 Å². The van der Waals surface area contributed by atoms with Gasteiger partial charge in [-0.3, -0.25) is 0 Å². The average Bonchev–Trinajstić information content (AvgIpc) is 3.59. The van der Waals surface area contributed by atoms with Gasteiger partial charge in [0.2, 0.25) is 0 Å². The quantitative estimate of drug-likeness (QED) is 0.147. The zero-order valence-electron chi connectivity index (χ0n) is 45.5. The van der Waals surface area contributed by atoms with E-state index in [2.05, 4.69) is 278 Å². The summed E-state index contributed by atoms with van der Waals surface area (Å²) >= 11 is 0. The van der Waals surface area contributed by atoms with Crippen molar-refractivity contribution < 1.29 is 0 Å². The van der Waals surface area contributed by atoms with Gasteiger partial charge < -0.3 is 14.7 Å². The fourth-order valence-corrected chi connectivity index (χ4v) is 14.1. The van der Waals surface area contributed by atoms with Gasteiger partial charge >= 0.3 is 0 Å². The third kappa shape index (κ3) is 7.53. The molecule has 0 aromatic heterocycles. The van der Waals surface area contributed by atoms with E-state index < -0.39 is 0 Å². The van der Waals surface area contributed by atoms with E-state index in [1.165, 1.54) is 106 Å². The van der Waals surface area contributed by atoms with Gasteiger partial charge in [0.05, 0.1) is 5.69 Å². The highest BCUT2D eigenvalue weighted by Gasteiger charge is 2.49. The molecule has 4 heteroatoms. The molecule has 13 rings (SSSR count). The monoisotopic (exact) mass is 974 g/mol. The van der Waals surface area contributed by atoms with Gasteiger partial charge in [0, 0.05) is 45.5 Å². The smallest absolute Gasteiger partial charge is 0.252 e. The minimum Gasteiger partial charge on any atom is -0.311 e. The summed E-state index contributed by atoms with van der Waals surface area (Å²) in [6, 6.07) is 73.8. The summed E-state index contributed by atoms with van der Waals surface area (Å²) in [4.78, 5) is 7.85. The van der Waals surface area contributed by atoms with Gasteiger partial charge in [-0.15, -0.1) is 0 Å². The Morgan fingerprint density at radius 1 is 0.347 bits per heavy atom. The lowest BCUT2D eigenvalue weighted by molar-refractivity contribution is 0.332.